The van der Waals surface area contributed by atoms with Gasteiger partial charge in [0, 0.05) is 18.1 Å². The molecule has 1 atom stereocenters. The van der Waals surface area contributed by atoms with Crippen LogP contribution < -0.4 is 10.6 Å². The maximum absolute atomic E-state index is 12.2. The van der Waals surface area contributed by atoms with Gasteiger partial charge in [0.25, 0.3) is 0 Å². The number of rotatable bonds is 3. The lowest BCUT2D eigenvalue weighted by molar-refractivity contribution is -0.122. The highest BCUT2D eigenvalue weighted by atomic mass is 35.5. The molecule has 1 aromatic rings. The summed E-state index contributed by atoms with van der Waals surface area (Å²) in [6.07, 6.45) is 6.16. The van der Waals surface area contributed by atoms with Crippen LogP contribution in [0.2, 0.25) is 0 Å². The lowest BCUT2D eigenvalue weighted by Gasteiger charge is -2.26. The van der Waals surface area contributed by atoms with Crippen LogP contribution in [0.4, 0.5) is 5.69 Å². The second kappa shape index (κ2) is 7.56. The lowest BCUT2D eigenvalue weighted by atomic mass is 9.93. The molecule has 0 radical (unpaired) electrons. The number of nitrogens with one attached hydrogen (secondary N) is 2. The number of carbonyl (C=O) groups is 1. The number of nitrogens with zero attached hydrogens (tertiary/aromatic N) is 1. The third-order valence-electron chi connectivity index (χ3n) is 3.22. The molecular formula is C12H19Cl2N3O. The molecule has 1 aromatic heterocycles. The molecule has 2 heterocycles. The standard InChI is InChI=1S/C12H17N3O.2ClH/c1-2-12(6-3-7-14-12)11(16)15-10-4-8-13-9-5-10;;/h4-5,8-9,14H,2-3,6-7H2,1H3,(H,13,15,16);2*1H. The zero-order valence-electron chi connectivity index (χ0n) is 10.3. The molecule has 0 aliphatic carbocycles. The second-order valence-electron chi connectivity index (χ2n) is 4.16. The minimum absolute atomic E-state index is 0. The maximum Gasteiger partial charge on any atom is 0.244 e. The Labute approximate surface area is 120 Å². The quantitative estimate of drug-likeness (QED) is 0.899. The van der Waals surface area contributed by atoms with E-state index < -0.39 is 0 Å². The zero-order chi connectivity index (χ0) is 11.4. The molecule has 1 aliphatic rings. The van der Waals surface area contributed by atoms with Crippen LogP contribution in [0, 0.1) is 0 Å². The van der Waals surface area contributed by atoms with Gasteiger partial charge in [-0.25, -0.2) is 0 Å². The van der Waals surface area contributed by atoms with E-state index in [1.165, 1.54) is 0 Å². The van der Waals surface area contributed by atoms with Crippen molar-refractivity contribution in [1.82, 2.24) is 10.3 Å². The van der Waals surface area contributed by atoms with Crippen LogP contribution >= 0.6 is 24.8 Å². The van der Waals surface area contributed by atoms with Crippen molar-refractivity contribution in [1.29, 1.82) is 0 Å². The molecule has 2 N–H and O–H groups in total. The molecule has 2 rings (SSSR count). The van der Waals surface area contributed by atoms with Gasteiger partial charge in [0.15, 0.2) is 0 Å². The molecule has 4 nitrogen and oxygen atoms in total. The minimum Gasteiger partial charge on any atom is -0.324 e. The maximum atomic E-state index is 12.2. The Morgan fingerprint density at radius 3 is 2.61 bits per heavy atom. The normalized spacial score (nSPS) is 21.6. The van der Waals surface area contributed by atoms with Gasteiger partial charge in [-0.15, -0.1) is 24.8 Å². The summed E-state index contributed by atoms with van der Waals surface area (Å²) in [5.41, 5.74) is 0.435. The van der Waals surface area contributed by atoms with E-state index >= 15 is 0 Å². The van der Waals surface area contributed by atoms with Crippen molar-refractivity contribution in [2.45, 2.75) is 31.7 Å². The van der Waals surface area contributed by atoms with Crippen LogP contribution in [0.15, 0.2) is 24.5 Å². The Kier molecular flexibility index (Phi) is 7.21. The summed E-state index contributed by atoms with van der Waals surface area (Å²) in [7, 11) is 0. The first-order chi connectivity index (χ1) is 7.77. The first-order valence-corrected chi connectivity index (χ1v) is 5.73. The van der Waals surface area contributed by atoms with Crippen molar-refractivity contribution in [3.63, 3.8) is 0 Å². The molecule has 0 aromatic carbocycles. The van der Waals surface area contributed by atoms with Crippen LogP contribution in [-0.2, 0) is 4.79 Å². The van der Waals surface area contributed by atoms with E-state index in [0.29, 0.717) is 0 Å². The number of hydrogen-bond donors (Lipinski definition) is 2. The Balaban J connectivity index is 0.00000144. The molecule has 1 fully saturated rings. The number of aromatic nitrogens is 1. The summed E-state index contributed by atoms with van der Waals surface area (Å²) >= 11 is 0. The van der Waals surface area contributed by atoms with E-state index in [2.05, 4.69) is 15.6 Å². The van der Waals surface area contributed by atoms with Gasteiger partial charge in [-0.1, -0.05) is 6.92 Å². The van der Waals surface area contributed by atoms with Gasteiger partial charge < -0.3 is 10.6 Å². The van der Waals surface area contributed by atoms with Crippen molar-refractivity contribution in [3.05, 3.63) is 24.5 Å². The first kappa shape index (κ1) is 17.2. The highest BCUT2D eigenvalue weighted by Crippen LogP contribution is 2.24. The SMILES string of the molecule is CCC1(C(=O)Nc2ccncc2)CCCN1.Cl.Cl. The number of amides is 1. The van der Waals surface area contributed by atoms with E-state index in [0.717, 1.165) is 31.5 Å². The average Bonchev–Trinajstić information content (AvgIpc) is 2.80. The van der Waals surface area contributed by atoms with E-state index in [9.17, 15) is 4.79 Å². The molecule has 0 saturated carbocycles. The topological polar surface area (TPSA) is 54.0 Å². The van der Waals surface area contributed by atoms with Crippen molar-refractivity contribution in [2.24, 2.45) is 0 Å². The van der Waals surface area contributed by atoms with Crippen molar-refractivity contribution in [2.75, 3.05) is 11.9 Å². The second-order valence-corrected chi connectivity index (χ2v) is 4.16. The fourth-order valence-electron chi connectivity index (χ4n) is 2.15. The van der Waals surface area contributed by atoms with Gasteiger partial charge in [0.05, 0.1) is 5.54 Å². The number of carbonyl (C=O) groups excluding carboxylic acids is 1. The summed E-state index contributed by atoms with van der Waals surface area (Å²) in [6, 6.07) is 3.60. The fourth-order valence-corrected chi connectivity index (χ4v) is 2.15. The van der Waals surface area contributed by atoms with Gasteiger partial charge >= 0.3 is 0 Å². The molecule has 0 spiro atoms. The summed E-state index contributed by atoms with van der Waals surface area (Å²) in [5, 5.41) is 6.25. The Bertz CT molecular complexity index is 367. The van der Waals surface area contributed by atoms with Gasteiger partial charge in [0.1, 0.15) is 0 Å². The Morgan fingerprint density at radius 2 is 2.11 bits per heavy atom. The van der Waals surface area contributed by atoms with Gasteiger partial charge in [0.2, 0.25) is 5.91 Å². The first-order valence-electron chi connectivity index (χ1n) is 5.73. The molecule has 0 bridgehead atoms. The summed E-state index contributed by atoms with van der Waals surface area (Å²) < 4.78 is 0. The third-order valence-corrected chi connectivity index (χ3v) is 3.22. The van der Waals surface area contributed by atoms with Crippen LogP contribution in [-0.4, -0.2) is 23.0 Å². The van der Waals surface area contributed by atoms with Gasteiger partial charge in [-0.3, -0.25) is 9.78 Å². The summed E-state index contributed by atoms with van der Waals surface area (Å²) in [4.78, 5) is 16.1. The molecule has 1 aliphatic heterocycles. The third kappa shape index (κ3) is 3.57. The van der Waals surface area contributed by atoms with Crippen molar-refractivity contribution < 1.29 is 4.79 Å². The van der Waals surface area contributed by atoms with Crippen LogP contribution in [0.1, 0.15) is 26.2 Å². The fraction of sp³-hybridized carbons (Fsp3) is 0.500. The zero-order valence-corrected chi connectivity index (χ0v) is 11.9. The predicted molar refractivity (Wildman–Crippen MR) is 77.6 cm³/mol. The molecule has 6 heteroatoms. The largest absolute Gasteiger partial charge is 0.324 e. The molecule has 1 unspecified atom stereocenters. The van der Waals surface area contributed by atoms with E-state index in [1.807, 2.05) is 6.92 Å². The Morgan fingerprint density at radius 1 is 1.44 bits per heavy atom. The van der Waals surface area contributed by atoms with Crippen molar-refractivity contribution in [3.8, 4) is 0 Å². The van der Waals surface area contributed by atoms with Gasteiger partial charge in [-0.05, 0) is 37.9 Å². The molecule has 1 saturated heterocycles. The molecular weight excluding hydrogens is 273 g/mol. The molecule has 1 amide bonds. The highest BCUT2D eigenvalue weighted by Gasteiger charge is 2.38. The Hall–Kier alpha value is -0.840. The minimum atomic E-state index is -0.372. The number of hydrogen-bond acceptors (Lipinski definition) is 3. The smallest absolute Gasteiger partial charge is 0.244 e. The van der Waals surface area contributed by atoms with E-state index in [-0.39, 0.29) is 36.3 Å². The lowest BCUT2D eigenvalue weighted by Crippen LogP contribution is -2.50. The summed E-state index contributed by atoms with van der Waals surface area (Å²) in [5.74, 6) is 0.0682. The monoisotopic (exact) mass is 291 g/mol. The molecule has 18 heavy (non-hydrogen) atoms. The van der Waals surface area contributed by atoms with E-state index in [1.54, 1.807) is 24.5 Å². The predicted octanol–water partition coefficient (Wildman–Crippen LogP) is 2.40. The average molecular weight is 292 g/mol. The number of pyridine rings is 1. The molecule has 102 valence electrons. The van der Waals surface area contributed by atoms with E-state index in [4.69, 9.17) is 0 Å². The van der Waals surface area contributed by atoms with Crippen LogP contribution in [0.5, 0.6) is 0 Å². The summed E-state index contributed by atoms with van der Waals surface area (Å²) in [6.45, 7) is 2.97. The number of halogens is 2. The van der Waals surface area contributed by atoms with Crippen molar-refractivity contribution >= 4 is 36.4 Å². The number of anilines is 1. The van der Waals surface area contributed by atoms with Crippen LogP contribution in [0.25, 0.3) is 0 Å². The highest BCUT2D eigenvalue weighted by molar-refractivity contribution is 5.98. The van der Waals surface area contributed by atoms with Gasteiger partial charge in [-0.2, -0.15) is 0 Å². The van der Waals surface area contributed by atoms with Crippen LogP contribution in [0.3, 0.4) is 0 Å².